The van der Waals surface area contributed by atoms with E-state index in [0.717, 1.165) is 0 Å². The van der Waals surface area contributed by atoms with E-state index >= 15 is 0 Å². The zero-order valence-corrected chi connectivity index (χ0v) is 7.57. The summed E-state index contributed by atoms with van der Waals surface area (Å²) >= 11 is 0. The Kier molecular flexibility index (Phi) is 3.64. The molecule has 0 radical (unpaired) electrons. The second kappa shape index (κ2) is 4.99. The predicted octanol–water partition coefficient (Wildman–Crippen LogP) is 2.42. The molecule has 0 fully saturated rings. The fourth-order valence-corrected chi connectivity index (χ4v) is 1.16. The van der Waals surface area contributed by atoms with Gasteiger partial charge in [-0.3, -0.25) is 0 Å². The van der Waals surface area contributed by atoms with E-state index < -0.39 is 5.92 Å². The third kappa shape index (κ3) is 2.57. The van der Waals surface area contributed by atoms with Crippen molar-refractivity contribution in [3.05, 3.63) is 35.6 Å². The Hall–Kier alpha value is -1.87. The molecule has 0 N–H and O–H groups in total. The van der Waals surface area contributed by atoms with Gasteiger partial charge in [0.2, 0.25) is 0 Å². The van der Waals surface area contributed by atoms with E-state index in [1.165, 1.54) is 6.07 Å². The van der Waals surface area contributed by atoms with Gasteiger partial charge < -0.3 is 0 Å². The van der Waals surface area contributed by atoms with Crippen LogP contribution in [0.1, 0.15) is 12.0 Å². The van der Waals surface area contributed by atoms with Gasteiger partial charge in [-0.15, -0.1) is 0 Å². The van der Waals surface area contributed by atoms with Crippen LogP contribution < -0.4 is 0 Å². The lowest BCUT2D eigenvalue weighted by Gasteiger charge is -2.02. The van der Waals surface area contributed by atoms with Crippen LogP contribution in [-0.2, 0) is 6.42 Å². The molecule has 3 heteroatoms. The van der Waals surface area contributed by atoms with E-state index in [4.69, 9.17) is 10.5 Å². The number of nitriles is 2. The summed E-state index contributed by atoms with van der Waals surface area (Å²) in [5.74, 6) is -0.920. The quantitative estimate of drug-likeness (QED) is 0.731. The Bertz CT molecular complexity index is 373. The third-order valence-corrected chi connectivity index (χ3v) is 1.97. The average Bonchev–Trinajstić information content (AvgIpc) is 2.22. The number of aryl methyl sites for hydroxylation is 1. The van der Waals surface area contributed by atoms with E-state index in [1.54, 1.807) is 18.2 Å². The molecule has 0 amide bonds. The van der Waals surface area contributed by atoms with Crippen molar-refractivity contribution in [1.29, 1.82) is 10.5 Å². The molecular formula is C11H9FN2. The Morgan fingerprint density at radius 3 is 2.43 bits per heavy atom. The van der Waals surface area contributed by atoms with Crippen LogP contribution in [0.15, 0.2) is 24.3 Å². The van der Waals surface area contributed by atoms with Gasteiger partial charge in [-0.2, -0.15) is 10.5 Å². The van der Waals surface area contributed by atoms with Crippen LogP contribution in [0.25, 0.3) is 0 Å². The van der Waals surface area contributed by atoms with Gasteiger partial charge in [-0.05, 0) is 24.5 Å². The van der Waals surface area contributed by atoms with Crippen molar-refractivity contribution in [1.82, 2.24) is 0 Å². The lowest BCUT2D eigenvalue weighted by molar-refractivity contribution is 0.598. The molecule has 0 bridgehead atoms. The Morgan fingerprint density at radius 1 is 1.21 bits per heavy atom. The molecule has 1 aromatic rings. The summed E-state index contributed by atoms with van der Waals surface area (Å²) in [6.07, 6.45) is 0.812. The Labute approximate surface area is 82.2 Å². The molecule has 0 saturated carbocycles. The van der Waals surface area contributed by atoms with Crippen LogP contribution in [-0.4, -0.2) is 0 Å². The van der Waals surface area contributed by atoms with Gasteiger partial charge in [0.05, 0.1) is 12.1 Å². The summed E-state index contributed by atoms with van der Waals surface area (Å²) in [6, 6.07) is 10.1. The summed E-state index contributed by atoms with van der Waals surface area (Å²) < 4.78 is 13.1. The minimum atomic E-state index is -0.644. The zero-order chi connectivity index (χ0) is 10.4. The SMILES string of the molecule is N#CC(C#N)CCc1ccccc1F. The van der Waals surface area contributed by atoms with Gasteiger partial charge in [0, 0.05) is 0 Å². The molecule has 2 nitrogen and oxygen atoms in total. The Morgan fingerprint density at radius 2 is 1.86 bits per heavy atom. The predicted molar refractivity (Wildman–Crippen MR) is 49.4 cm³/mol. The zero-order valence-electron chi connectivity index (χ0n) is 7.57. The number of nitrogens with zero attached hydrogens (tertiary/aromatic N) is 2. The standard InChI is InChI=1S/C11H9FN2/c12-11-4-2-1-3-10(11)6-5-9(7-13)8-14/h1-4,9H,5-6H2. The van der Waals surface area contributed by atoms with E-state index in [2.05, 4.69) is 0 Å². The smallest absolute Gasteiger partial charge is 0.133 e. The molecule has 0 aliphatic heterocycles. The van der Waals surface area contributed by atoms with Crippen molar-refractivity contribution < 1.29 is 4.39 Å². The van der Waals surface area contributed by atoms with Gasteiger partial charge in [0.15, 0.2) is 0 Å². The maximum absolute atomic E-state index is 13.1. The molecule has 0 aromatic heterocycles. The van der Waals surface area contributed by atoms with Gasteiger partial charge in [-0.1, -0.05) is 18.2 Å². The highest BCUT2D eigenvalue weighted by molar-refractivity contribution is 5.18. The van der Waals surface area contributed by atoms with Gasteiger partial charge >= 0.3 is 0 Å². The topological polar surface area (TPSA) is 47.6 Å². The summed E-state index contributed by atoms with van der Waals surface area (Å²) in [4.78, 5) is 0. The van der Waals surface area contributed by atoms with E-state index in [-0.39, 0.29) is 5.82 Å². The molecule has 0 aliphatic rings. The largest absolute Gasteiger partial charge is 0.207 e. The number of hydrogen-bond donors (Lipinski definition) is 0. The highest BCUT2D eigenvalue weighted by atomic mass is 19.1. The maximum atomic E-state index is 13.1. The molecule has 1 aromatic carbocycles. The number of rotatable bonds is 3. The summed E-state index contributed by atoms with van der Waals surface area (Å²) in [5.41, 5.74) is 0.558. The molecular weight excluding hydrogens is 179 g/mol. The molecule has 70 valence electrons. The van der Waals surface area contributed by atoms with Crippen molar-refractivity contribution in [2.75, 3.05) is 0 Å². The molecule has 0 spiro atoms. The van der Waals surface area contributed by atoms with E-state index in [1.807, 2.05) is 12.1 Å². The first-order valence-electron chi connectivity index (χ1n) is 4.30. The van der Waals surface area contributed by atoms with Crippen molar-refractivity contribution in [3.63, 3.8) is 0 Å². The lowest BCUT2D eigenvalue weighted by atomic mass is 10.0. The van der Waals surface area contributed by atoms with Crippen LogP contribution in [0.5, 0.6) is 0 Å². The summed E-state index contributed by atoms with van der Waals surface area (Å²) in [6.45, 7) is 0. The van der Waals surface area contributed by atoms with Gasteiger partial charge in [0.1, 0.15) is 11.7 Å². The summed E-state index contributed by atoms with van der Waals surface area (Å²) in [5, 5.41) is 17.0. The van der Waals surface area contributed by atoms with Gasteiger partial charge in [-0.25, -0.2) is 4.39 Å². The monoisotopic (exact) mass is 188 g/mol. The van der Waals surface area contributed by atoms with E-state index in [9.17, 15) is 4.39 Å². The van der Waals surface area contributed by atoms with Crippen molar-refractivity contribution in [3.8, 4) is 12.1 Å². The first-order valence-corrected chi connectivity index (χ1v) is 4.30. The second-order valence-electron chi connectivity index (χ2n) is 2.94. The average molecular weight is 188 g/mol. The third-order valence-electron chi connectivity index (χ3n) is 1.97. The van der Waals surface area contributed by atoms with Crippen LogP contribution in [0.2, 0.25) is 0 Å². The molecule has 0 heterocycles. The molecule has 0 atom stereocenters. The Balaban J connectivity index is 2.60. The maximum Gasteiger partial charge on any atom is 0.133 e. The first-order chi connectivity index (χ1) is 6.77. The molecule has 0 unspecified atom stereocenters. The van der Waals surface area contributed by atoms with Crippen molar-refractivity contribution in [2.45, 2.75) is 12.8 Å². The number of benzene rings is 1. The van der Waals surface area contributed by atoms with Gasteiger partial charge in [0.25, 0.3) is 0 Å². The van der Waals surface area contributed by atoms with E-state index in [0.29, 0.717) is 18.4 Å². The molecule has 0 aliphatic carbocycles. The fraction of sp³-hybridized carbons (Fsp3) is 0.273. The first kappa shape index (κ1) is 10.2. The van der Waals surface area contributed by atoms with Crippen LogP contribution in [0.4, 0.5) is 4.39 Å². The summed E-state index contributed by atoms with van der Waals surface area (Å²) in [7, 11) is 0. The number of hydrogen-bond acceptors (Lipinski definition) is 2. The molecule has 0 saturated heterocycles. The second-order valence-corrected chi connectivity index (χ2v) is 2.94. The fourth-order valence-electron chi connectivity index (χ4n) is 1.16. The lowest BCUT2D eigenvalue weighted by Crippen LogP contribution is -1.97. The van der Waals surface area contributed by atoms with Crippen LogP contribution in [0, 0.1) is 34.4 Å². The highest BCUT2D eigenvalue weighted by Gasteiger charge is 2.07. The highest BCUT2D eigenvalue weighted by Crippen LogP contribution is 2.12. The van der Waals surface area contributed by atoms with Crippen molar-refractivity contribution in [2.24, 2.45) is 5.92 Å². The van der Waals surface area contributed by atoms with Crippen molar-refractivity contribution >= 4 is 0 Å². The normalized spacial score (nSPS) is 9.43. The van der Waals surface area contributed by atoms with Crippen LogP contribution in [0.3, 0.4) is 0 Å². The molecule has 1 rings (SSSR count). The minimum absolute atomic E-state index is 0.276. The number of halogens is 1. The van der Waals surface area contributed by atoms with Crippen LogP contribution >= 0.6 is 0 Å². The molecule has 14 heavy (non-hydrogen) atoms. The minimum Gasteiger partial charge on any atom is -0.207 e.